The van der Waals surface area contributed by atoms with Crippen molar-refractivity contribution in [1.82, 2.24) is 4.90 Å². The van der Waals surface area contributed by atoms with Crippen LogP contribution in [0.3, 0.4) is 0 Å². The lowest BCUT2D eigenvalue weighted by molar-refractivity contribution is 0.0953. The Bertz CT molecular complexity index is 440. The summed E-state index contributed by atoms with van der Waals surface area (Å²) in [4.78, 5) is 14.1. The van der Waals surface area contributed by atoms with E-state index >= 15 is 0 Å². The summed E-state index contributed by atoms with van der Waals surface area (Å²) < 4.78 is 10.2. The van der Waals surface area contributed by atoms with Crippen LogP contribution in [0.2, 0.25) is 0 Å². The molecule has 6 heteroatoms. The Morgan fingerprint density at radius 3 is 2.76 bits per heavy atom. The second-order valence-electron chi connectivity index (χ2n) is 4.83. The molecule has 1 atom stereocenters. The molecule has 0 radical (unpaired) electrons. The van der Waals surface area contributed by atoms with E-state index in [-0.39, 0.29) is 12.1 Å². The number of rotatable bonds is 8. The SMILES string of the molecule is COCCN(C(=O)Nc1cccc(CN)c1)C(C)COC. The number of benzene rings is 1. The van der Waals surface area contributed by atoms with E-state index in [2.05, 4.69) is 5.32 Å². The molecular weight excluding hydrogens is 270 g/mol. The highest BCUT2D eigenvalue weighted by atomic mass is 16.5. The lowest BCUT2D eigenvalue weighted by Gasteiger charge is -2.28. The fourth-order valence-electron chi connectivity index (χ4n) is 2.01. The summed E-state index contributed by atoms with van der Waals surface area (Å²) in [6.45, 7) is 3.83. The summed E-state index contributed by atoms with van der Waals surface area (Å²) in [5.41, 5.74) is 7.31. The van der Waals surface area contributed by atoms with Crippen molar-refractivity contribution in [3.63, 3.8) is 0 Å². The van der Waals surface area contributed by atoms with Crippen molar-refractivity contribution in [3.8, 4) is 0 Å². The maximum atomic E-state index is 12.4. The van der Waals surface area contributed by atoms with Crippen LogP contribution in [0.4, 0.5) is 10.5 Å². The van der Waals surface area contributed by atoms with Gasteiger partial charge in [0.1, 0.15) is 0 Å². The fraction of sp³-hybridized carbons (Fsp3) is 0.533. The zero-order valence-corrected chi connectivity index (χ0v) is 13.0. The number of nitrogens with zero attached hydrogens (tertiary/aromatic N) is 1. The summed E-state index contributed by atoms with van der Waals surface area (Å²) in [6.07, 6.45) is 0. The van der Waals surface area contributed by atoms with Gasteiger partial charge in [-0.1, -0.05) is 12.1 Å². The minimum Gasteiger partial charge on any atom is -0.383 e. The zero-order chi connectivity index (χ0) is 15.7. The Kier molecular flexibility index (Phi) is 7.74. The Morgan fingerprint density at radius 1 is 1.38 bits per heavy atom. The first kappa shape index (κ1) is 17.4. The van der Waals surface area contributed by atoms with Gasteiger partial charge in [0, 0.05) is 33.0 Å². The fourth-order valence-corrected chi connectivity index (χ4v) is 2.01. The molecule has 0 aliphatic heterocycles. The first-order chi connectivity index (χ1) is 10.1. The average Bonchev–Trinajstić information content (AvgIpc) is 2.48. The van der Waals surface area contributed by atoms with E-state index < -0.39 is 0 Å². The number of ether oxygens (including phenoxy) is 2. The van der Waals surface area contributed by atoms with Crippen LogP contribution in [0.25, 0.3) is 0 Å². The molecule has 0 aliphatic rings. The first-order valence-corrected chi connectivity index (χ1v) is 6.96. The number of anilines is 1. The number of hydrogen-bond acceptors (Lipinski definition) is 4. The summed E-state index contributed by atoms with van der Waals surface area (Å²) in [7, 11) is 3.23. The van der Waals surface area contributed by atoms with Crippen LogP contribution in [0.1, 0.15) is 12.5 Å². The third-order valence-electron chi connectivity index (χ3n) is 3.15. The van der Waals surface area contributed by atoms with Gasteiger partial charge in [-0.3, -0.25) is 0 Å². The van der Waals surface area contributed by atoms with Gasteiger partial charge in [-0.15, -0.1) is 0 Å². The van der Waals surface area contributed by atoms with E-state index in [1.165, 1.54) is 0 Å². The molecule has 0 bridgehead atoms. The molecule has 1 aromatic rings. The molecular formula is C15H25N3O3. The van der Waals surface area contributed by atoms with Gasteiger partial charge in [0.2, 0.25) is 0 Å². The number of amides is 2. The number of carbonyl (C=O) groups excluding carboxylic acids is 1. The second kappa shape index (κ2) is 9.33. The van der Waals surface area contributed by atoms with Crippen LogP contribution in [0.5, 0.6) is 0 Å². The molecule has 118 valence electrons. The van der Waals surface area contributed by atoms with Crippen LogP contribution in [-0.2, 0) is 16.0 Å². The highest BCUT2D eigenvalue weighted by Gasteiger charge is 2.19. The van der Waals surface area contributed by atoms with E-state index in [0.29, 0.717) is 26.3 Å². The van der Waals surface area contributed by atoms with Crippen LogP contribution >= 0.6 is 0 Å². The van der Waals surface area contributed by atoms with Crippen molar-refractivity contribution in [2.45, 2.75) is 19.5 Å². The lowest BCUT2D eigenvalue weighted by Crippen LogP contribution is -2.45. The quantitative estimate of drug-likeness (QED) is 0.764. The Balaban J connectivity index is 2.74. The van der Waals surface area contributed by atoms with Crippen molar-refractivity contribution in [1.29, 1.82) is 0 Å². The van der Waals surface area contributed by atoms with E-state index in [0.717, 1.165) is 11.3 Å². The minimum absolute atomic E-state index is 0.0390. The van der Waals surface area contributed by atoms with E-state index in [1.54, 1.807) is 19.1 Å². The van der Waals surface area contributed by atoms with E-state index in [9.17, 15) is 4.79 Å². The molecule has 3 N–H and O–H groups in total. The Labute approximate surface area is 126 Å². The molecule has 1 rings (SSSR count). The van der Waals surface area contributed by atoms with Crippen LogP contribution in [0.15, 0.2) is 24.3 Å². The minimum atomic E-state index is -0.175. The second-order valence-corrected chi connectivity index (χ2v) is 4.83. The van der Waals surface area contributed by atoms with Crippen molar-refractivity contribution in [2.24, 2.45) is 5.73 Å². The van der Waals surface area contributed by atoms with Gasteiger partial charge >= 0.3 is 6.03 Å². The monoisotopic (exact) mass is 295 g/mol. The molecule has 21 heavy (non-hydrogen) atoms. The number of urea groups is 1. The molecule has 0 saturated heterocycles. The van der Waals surface area contributed by atoms with Gasteiger partial charge in [0.05, 0.1) is 19.3 Å². The number of nitrogens with two attached hydrogens (primary N) is 1. The Hall–Kier alpha value is -1.63. The van der Waals surface area contributed by atoms with Gasteiger partial charge in [-0.05, 0) is 24.6 Å². The number of carbonyl (C=O) groups is 1. The molecule has 0 spiro atoms. The van der Waals surface area contributed by atoms with Crippen molar-refractivity contribution >= 4 is 11.7 Å². The van der Waals surface area contributed by atoms with Crippen LogP contribution in [-0.4, -0.2) is 51.0 Å². The van der Waals surface area contributed by atoms with Gasteiger partial charge < -0.3 is 25.4 Å². The van der Waals surface area contributed by atoms with Crippen LogP contribution in [0, 0.1) is 0 Å². The highest BCUT2D eigenvalue weighted by molar-refractivity contribution is 5.89. The molecule has 0 aromatic heterocycles. The zero-order valence-electron chi connectivity index (χ0n) is 13.0. The lowest BCUT2D eigenvalue weighted by atomic mass is 10.2. The molecule has 0 aliphatic carbocycles. The van der Waals surface area contributed by atoms with Gasteiger partial charge in [-0.25, -0.2) is 4.79 Å². The molecule has 0 fully saturated rings. The Morgan fingerprint density at radius 2 is 2.14 bits per heavy atom. The summed E-state index contributed by atoms with van der Waals surface area (Å²) in [5.74, 6) is 0. The number of nitrogens with one attached hydrogen (secondary N) is 1. The summed E-state index contributed by atoms with van der Waals surface area (Å²) in [5, 5.41) is 2.89. The molecule has 0 heterocycles. The van der Waals surface area contributed by atoms with E-state index in [1.807, 2.05) is 31.2 Å². The largest absolute Gasteiger partial charge is 0.383 e. The third-order valence-corrected chi connectivity index (χ3v) is 3.15. The predicted octanol–water partition coefficient (Wildman–Crippen LogP) is 1.66. The summed E-state index contributed by atoms with van der Waals surface area (Å²) >= 11 is 0. The van der Waals surface area contributed by atoms with Gasteiger partial charge in [-0.2, -0.15) is 0 Å². The van der Waals surface area contributed by atoms with Crippen molar-refractivity contribution in [2.75, 3.05) is 39.3 Å². The molecule has 0 saturated carbocycles. The normalized spacial score (nSPS) is 12.0. The molecule has 1 aromatic carbocycles. The molecule has 2 amide bonds. The topological polar surface area (TPSA) is 76.8 Å². The van der Waals surface area contributed by atoms with Crippen molar-refractivity contribution < 1.29 is 14.3 Å². The number of methoxy groups -OCH3 is 2. The van der Waals surface area contributed by atoms with Crippen LogP contribution < -0.4 is 11.1 Å². The van der Waals surface area contributed by atoms with Crippen molar-refractivity contribution in [3.05, 3.63) is 29.8 Å². The first-order valence-electron chi connectivity index (χ1n) is 6.96. The van der Waals surface area contributed by atoms with Gasteiger partial charge in [0.25, 0.3) is 0 Å². The highest BCUT2D eigenvalue weighted by Crippen LogP contribution is 2.12. The third kappa shape index (κ3) is 5.71. The maximum absolute atomic E-state index is 12.4. The summed E-state index contributed by atoms with van der Waals surface area (Å²) in [6, 6.07) is 7.29. The number of hydrogen-bond donors (Lipinski definition) is 2. The van der Waals surface area contributed by atoms with E-state index in [4.69, 9.17) is 15.2 Å². The van der Waals surface area contributed by atoms with Gasteiger partial charge in [0.15, 0.2) is 0 Å². The standard InChI is InChI=1S/C15H25N3O3/c1-12(11-21-3)18(7-8-20-2)15(19)17-14-6-4-5-13(9-14)10-16/h4-6,9,12H,7-8,10-11,16H2,1-3H3,(H,17,19). The predicted molar refractivity (Wildman–Crippen MR) is 83.3 cm³/mol. The smallest absolute Gasteiger partial charge is 0.322 e. The maximum Gasteiger partial charge on any atom is 0.322 e. The average molecular weight is 295 g/mol. The molecule has 1 unspecified atom stereocenters. The molecule has 6 nitrogen and oxygen atoms in total.